The summed E-state index contributed by atoms with van der Waals surface area (Å²) in [5, 5.41) is 5.25. The van der Waals surface area contributed by atoms with E-state index in [0.717, 1.165) is 12.8 Å². The van der Waals surface area contributed by atoms with Crippen molar-refractivity contribution in [3.8, 4) is 0 Å². The van der Waals surface area contributed by atoms with Crippen molar-refractivity contribution in [2.75, 3.05) is 22.1 Å². The number of imide groups is 1. The van der Waals surface area contributed by atoms with Gasteiger partial charge in [-0.1, -0.05) is 30.3 Å². The average molecular weight is 552 g/mol. The summed E-state index contributed by atoms with van der Waals surface area (Å²) in [4.78, 5) is 64.1. The molecular weight excluding hydrogens is 522 g/mol. The summed E-state index contributed by atoms with van der Waals surface area (Å²) >= 11 is 0. The third kappa shape index (κ3) is 4.99. The number of fused-ring (bicyclic) bond motifs is 5. The largest absolute Gasteiger partial charge is 0.452 e. The van der Waals surface area contributed by atoms with E-state index in [9.17, 15) is 24.0 Å². The van der Waals surface area contributed by atoms with E-state index in [1.165, 1.54) is 29.5 Å². The first-order valence-corrected chi connectivity index (χ1v) is 13.7. The second-order valence-corrected chi connectivity index (χ2v) is 10.9. The van der Waals surface area contributed by atoms with Crippen molar-refractivity contribution >= 4 is 46.7 Å². The van der Waals surface area contributed by atoms with Crippen LogP contribution in [0.5, 0.6) is 0 Å². The van der Waals surface area contributed by atoms with Gasteiger partial charge in [-0.05, 0) is 84.7 Å². The lowest BCUT2D eigenvalue weighted by Crippen LogP contribution is -2.33. The number of hydrogen-bond donors (Lipinski definition) is 2. The molecule has 0 aromatic heterocycles. The fourth-order valence-corrected chi connectivity index (χ4v) is 6.80. The van der Waals surface area contributed by atoms with E-state index < -0.39 is 18.5 Å². The molecule has 9 nitrogen and oxygen atoms in total. The molecule has 6 rings (SSSR count). The van der Waals surface area contributed by atoms with Crippen LogP contribution in [-0.4, -0.2) is 36.2 Å². The van der Waals surface area contributed by atoms with Gasteiger partial charge >= 0.3 is 5.97 Å². The number of benzene rings is 3. The van der Waals surface area contributed by atoms with Crippen molar-refractivity contribution in [2.45, 2.75) is 25.7 Å². The molecule has 9 heteroatoms. The maximum absolute atomic E-state index is 13.5. The molecule has 1 saturated heterocycles. The van der Waals surface area contributed by atoms with Crippen LogP contribution in [0.25, 0.3) is 0 Å². The molecule has 3 fully saturated rings. The summed E-state index contributed by atoms with van der Waals surface area (Å²) in [6, 6.07) is 22.9. The third-order valence-electron chi connectivity index (χ3n) is 8.43. The summed E-state index contributed by atoms with van der Waals surface area (Å²) in [7, 11) is 0. The zero-order valence-electron chi connectivity index (χ0n) is 22.4. The molecule has 208 valence electrons. The fraction of sp³-hybridized carbons (Fsp3) is 0.281. The predicted molar refractivity (Wildman–Crippen MR) is 151 cm³/mol. The second kappa shape index (κ2) is 10.6. The molecule has 3 aliphatic rings. The van der Waals surface area contributed by atoms with Gasteiger partial charge in [0, 0.05) is 18.3 Å². The predicted octanol–water partition coefficient (Wildman–Crippen LogP) is 4.37. The first-order chi connectivity index (χ1) is 19.8. The number of carbonyl (C=O) groups is 5. The Labute approximate surface area is 236 Å². The van der Waals surface area contributed by atoms with Gasteiger partial charge in [0.25, 0.3) is 5.91 Å². The maximum atomic E-state index is 13.5. The van der Waals surface area contributed by atoms with E-state index in [1.807, 2.05) is 18.2 Å². The Morgan fingerprint density at radius 2 is 1.44 bits per heavy atom. The average Bonchev–Trinajstić information content (AvgIpc) is 3.64. The lowest BCUT2D eigenvalue weighted by molar-refractivity contribution is -0.123. The summed E-state index contributed by atoms with van der Waals surface area (Å²) in [5.41, 5.74) is 2.94. The summed E-state index contributed by atoms with van der Waals surface area (Å²) in [5.74, 6) is -1.69. The van der Waals surface area contributed by atoms with Crippen molar-refractivity contribution in [1.29, 1.82) is 0 Å². The highest BCUT2D eigenvalue weighted by Crippen LogP contribution is 2.61. The van der Waals surface area contributed by atoms with Crippen LogP contribution in [0.4, 0.5) is 17.1 Å². The van der Waals surface area contributed by atoms with Crippen LogP contribution in [0, 0.1) is 23.7 Å². The van der Waals surface area contributed by atoms with Crippen molar-refractivity contribution in [3.05, 3.63) is 90.0 Å². The Morgan fingerprint density at radius 1 is 0.805 bits per heavy atom. The fourth-order valence-electron chi connectivity index (χ4n) is 6.80. The smallest absolute Gasteiger partial charge is 0.338 e. The summed E-state index contributed by atoms with van der Waals surface area (Å²) in [6.07, 6.45) is 1.82. The molecular formula is C32H29N3O6. The zero-order valence-corrected chi connectivity index (χ0v) is 22.4. The SMILES string of the molecule is CC(=O)Nc1ccc(NC(=O)COC(=O)c2ccc(N3C(=O)[C@@H]4[C@@H]5C[C@@H]([C@@H]4C3=O)[C@@H](c3ccccc3)C5)cc2)cc1. The molecule has 0 spiro atoms. The molecule has 0 radical (unpaired) electrons. The van der Waals surface area contributed by atoms with E-state index in [2.05, 4.69) is 22.8 Å². The number of nitrogens with zero attached hydrogens (tertiary/aromatic N) is 1. The molecule has 2 bridgehead atoms. The highest BCUT2D eigenvalue weighted by atomic mass is 16.5. The third-order valence-corrected chi connectivity index (χ3v) is 8.43. The topological polar surface area (TPSA) is 122 Å². The lowest BCUT2D eigenvalue weighted by atomic mass is 9.73. The van der Waals surface area contributed by atoms with Crippen LogP contribution in [0.15, 0.2) is 78.9 Å². The Morgan fingerprint density at radius 3 is 2.10 bits per heavy atom. The van der Waals surface area contributed by atoms with Crippen LogP contribution in [-0.2, 0) is 23.9 Å². The van der Waals surface area contributed by atoms with Gasteiger partial charge < -0.3 is 15.4 Å². The monoisotopic (exact) mass is 551 g/mol. The number of carbonyl (C=O) groups excluding carboxylic acids is 5. The van der Waals surface area contributed by atoms with E-state index in [1.54, 1.807) is 36.4 Å². The maximum Gasteiger partial charge on any atom is 0.338 e. The van der Waals surface area contributed by atoms with Crippen molar-refractivity contribution < 1.29 is 28.7 Å². The Bertz CT molecular complexity index is 1520. The van der Waals surface area contributed by atoms with Crippen LogP contribution >= 0.6 is 0 Å². The molecule has 4 amide bonds. The quantitative estimate of drug-likeness (QED) is 0.332. The molecule has 0 unspecified atom stereocenters. The van der Waals surface area contributed by atoms with E-state index in [4.69, 9.17) is 4.74 Å². The first-order valence-electron chi connectivity index (χ1n) is 13.7. The normalized spacial score (nSPS) is 24.2. The highest BCUT2D eigenvalue weighted by molar-refractivity contribution is 6.22. The Balaban J connectivity index is 1.06. The second-order valence-electron chi connectivity index (χ2n) is 10.9. The van der Waals surface area contributed by atoms with Crippen molar-refractivity contribution in [2.24, 2.45) is 23.7 Å². The Kier molecular flexibility index (Phi) is 6.86. The van der Waals surface area contributed by atoms with E-state index >= 15 is 0 Å². The number of hydrogen-bond acceptors (Lipinski definition) is 6. The number of esters is 1. The zero-order chi connectivity index (χ0) is 28.7. The van der Waals surface area contributed by atoms with Gasteiger partial charge in [0.15, 0.2) is 6.61 Å². The molecule has 41 heavy (non-hydrogen) atoms. The van der Waals surface area contributed by atoms with Crippen LogP contribution in [0.3, 0.4) is 0 Å². The summed E-state index contributed by atoms with van der Waals surface area (Å²) < 4.78 is 5.14. The number of ether oxygens (including phenoxy) is 1. The molecule has 1 heterocycles. The van der Waals surface area contributed by atoms with Crippen molar-refractivity contribution in [1.82, 2.24) is 0 Å². The minimum Gasteiger partial charge on any atom is -0.452 e. The van der Waals surface area contributed by atoms with Crippen molar-refractivity contribution in [3.63, 3.8) is 0 Å². The van der Waals surface area contributed by atoms with Crippen LogP contribution < -0.4 is 15.5 Å². The standard InChI is InChI=1S/C32H29N3O6/c1-18(36)33-22-9-11-23(12-10-22)34-27(37)17-41-32(40)20-7-13-24(14-8-20)35-30(38)28-21-15-25(19-5-3-2-4-6-19)26(16-21)29(28)31(35)39/h2-14,21,25-26,28-29H,15-17H2,1H3,(H,33,36)(H,34,37)/t21-,25+,26+,28+,29-/m0/s1. The minimum atomic E-state index is -0.701. The van der Waals surface area contributed by atoms with Gasteiger partial charge in [0.05, 0.1) is 23.1 Å². The molecule has 3 aromatic carbocycles. The van der Waals surface area contributed by atoms with Crippen LogP contribution in [0.2, 0.25) is 0 Å². The number of amides is 4. The van der Waals surface area contributed by atoms with E-state index in [0.29, 0.717) is 17.1 Å². The molecule has 2 saturated carbocycles. The number of nitrogens with one attached hydrogen (secondary N) is 2. The Hall–Kier alpha value is -4.79. The minimum absolute atomic E-state index is 0.156. The molecule has 5 atom stereocenters. The summed E-state index contributed by atoms with van der Waals surface area (Å²) in [6.45, 7) is 0.906. The van der Waals surface area contributed by atoms with Crippen LogP contribution in [0.1, 0.15) is 41.6 Å². The van der Waals surface area contributed by atoms with Gasteiger partial charge in [-0.25, -0.2) is 4.79 Å². The van der Waals surface area contributed by atoms with Gasteiger partial charge in [0.2, 0.25) is 17.7 Å². The highest BCUT2D eigenvalue weighted by Gasteiger charge is 2.64. The lowest BCUT2D eigenvalue weighted by Gasteiger charge is -2.28. The van der Waals surface area contributed by atoms with Gasteiger partial charge in [-0.2, -0.15) is 0 Å². The number of anilines is 3. The molecule has 2 N–H and O–H groups in total. The van der Waals surface area contributed by atoms with Gasteiger partial charge in [0.1, 0.15) is 0 Å². The molecule has 1 aliphatic heterocycles. The first kappa shape index (κ1) is 26.4. The van der Waals surface area contributed by atoms with E-state index in [-0.39, 0.29) is 52.9 Å². The van der Waals surface area contributed by atoms with Gasteiger partial charge in [-0.15, -0.1) is 0 Å². The molecule has 2 aliphatic carbocycles. The number of rotatable bonds is 7. The van der Waals surface area contributed by atoms with Gasteiger partial charge in [-0.3, -0.25) is 24.1 Å². The molecule has 3 aromatic rings.